The number of carbonyl (C=O) groups is 2. The maximum Gasteiger partial charge on any atom is 0.320 e. The molecule has 0 aliphatic heterocycles. The van der Waals surface area contributed by atoms with Crippen LogP contribution in [-0.2, 0) is 9.59 Å². The second-order valence-corrected chi connectivity index (χ2v) is 6.60. The number of hydrogen-bond acceptors (Lipinski definition) is 4. The van der Waals surface area contributed by atoms with Crippen molar-refractivity contribution >= 4 is 29.2 Å². The fourth-order valence-corrected chi connectivity index (χ4v) is 2.61. The van der Waals surface area contributed by atoms with E-state index in [1.54, 1.807) is 18.2 Å². The van der Waals surface area contributed by atoms with E-state index >= 15 is 0 Å². The topological polar surface area (TPSA) is 87.7 Å². The molecule has 0 aliphatic rings. The number of aliphatic carboxylic acids is 1. The third-order valence-corrected chi connectivity index (χ3v) is 4.08. The van der Waals surface area contributed by atoms with E-state index in [0.29, 0.717) is 35.1 Å². The maximum atomic E-state index is 12.2. The highest BCUT2D eigenvalue weighted by atomic mass is 35.5. The van der Waals surface area contributed by atoms with Crippen LogP contribution >= 0.6 is 11.6 Å². The Morgan fingerprint density at radius 3 is 2.52 bits per heavy atom. The van der Waals surface area contributed by atoms with Crippen LogP contribution in [0.1, 0.15) is 25.3 Å². The molecule has 0 fully saturated rings. The second kappa shape index (κ2) is 9.94. The van der Waals surface area contributed by atoms with Crippen LogP contribution in [0, 0.1) is 6.92 Å². The maximum absolute atomic E-state index is 12.2. The number of carboxylic acid groups (broad SMARTS) is 1. The summed E-state index contributed by atoms with van der Waals surface area (Å²) in [4.78, 5) is 23.4. The highest BCUT2D eigenvalue weighted by Gasteiger charge is 2.17. The molecule has 0 aromatic heterocycles. The van der Waals surface area contributed by atoms with Crippen LogP contribution in [0.3, 0.4) is 0 Å². The lowest BCUT2D eigenvalue weighted by Gasteiger charge is -2.15. The van der Waals surface area contributed by atoms with Crippen LogP contribution < -0.4 is 15.4 Å². The molecule has 2 rings (SSSR count). The van der Waals surface area contributed by atoms with E-state index in [0.717, 1.165) is 5.56 Å². The van der Waals surface area contributed by atoms with Crippen LogP contribution in [0.15, 0.2) is 42.5 Å². The lowest BCUT2D eigenvalue weighted by molar-refractivity contribution is -0.139. The number of aryl methyl sites for hydroxylation is 1. The molecule has 0 heterocycles. The van der Waals surface area contributed by atoms with Crippen LogP contribution in [-0.4, -0.2) is 29.6 Å². The van der Waals surface area contributed by atoms with Crippen LogP contribution in [0.25, 0.3) is 0 Å². The molecule has 1 amide bonds. The Morgan fingerprint density at radius 2 is 1.89 bits per heavy atom. The van der Waals surface area contributed by atoms with Crippen molar-refractivity contribution in [3.63, 3.8) is 0 Å². The Labute approximate surface area is 163 Å². The van der Waals surface area contributed by atoms with Gasteiger partial charge < -0.3 is 15.2 Å². The van der Waals surface area contributed by atoms with E-state index in [1.807, 2.05) is 38.1 Å². The summed E-state index contributed by atoms with van der Waals surface area (Å²) in [6.45, 7) is 3.74. The fourth-order valence-electron chi connectivity index (χ4n) is 2.43. The summed E-state index contributed by atoms with van der Waals surface area (Å²) < 4.78 is 5.83. The number of amides is 1. The van der Waals surface area contributed by atoms with Crippen molar-refractivity contribution in [3.05, 3.63) is 53.1 Å². The zero-order valence-electron chi connectivity index (χ0n) is 15.3. The quantitative estimate of drug-likeness (QED) is 0.596. The molecular weight excluding hydrogens is 368 g/mol. The van der Waals surface area contributed by atoms with E-state index in [4.69, 9.17) is 21.4 Å². The van der Waals surface area contributed by atoms with Crippen LogP contribution in [0.5, 0.6) is 11.5 Å². The van der Waals surface area contributed by atoms with Gasteiger partial charge in [-0.1, -0.05) is 42.6 Å². The number of rotatable bonds is 9. The largest absolute Gasteiger partial charge is 0.480 e. The van der Waals surface area contributed by atoms with Crippen molar-refractivity contribution in [3.8, 4) is 11.5 Å². The normalized spacial score (nSPS) is 11.7. The first-order chi connectivity index (χ1) is 12.9. The third-order valence-electron chi connectivity index (χ3n) is 3.85. The Kier molecular flexibility index (Phi) is 7.64. The van der Waals surface area contributed by atoms with Gasteiger partial charge in [-0.25, -0.2) is 0 Å². The highest BCUT2D eigenvalue weighted by Crippen LogP contribution is 2.32. The van der Waals surface area contributed by atoms with E-state index in [9.17, 15) is 9.59 Å². The number of halogens is 1. The van der Waals surface area contributed by atoms with Crippen LogP contribution in [0.4, 0.5) is 5.69 Å². The molecular formula is C20H23ClN2O4. The highest BCUT2D eigenvalue weighted by molar-refractivity contribution is 6.31. The standard InChI is InChI=1S/C20H23ClN2O4/c1-3-4-16(20(25)26)22-12-19(24)23-17-11-14(21)7-10-18(17)27-15-8-5-13(2)6-9-15/h5-11,16,22H,3-4,12H2,1-2H3,(H,23,24)(H,25,26). The number of carboxylic acids is 1. The lowest BCUT2D eigenvalue weighted by Crippen LogP contribution is -2.41. The minimum Gasteiger partial charge on any atom is -0.480 e. The van der Waals surface area contributed by atoms with Crippen molar-refractivity contribution in [1.82, 2.24) is 5.32 Å². The fraction of sp³-hybridized carbons (Fsp3) is 0.300. The summed E-state index contributed by atoms with van der Waals surface area (Å²) in [6, 6.07) is 11.7. The number of benzene rings is 2. The van der Waals surface area contributed by atoms with Gasteiger partial charge in [-0.3, -0.25) is 14.9 Å². The first kappa shape index (κ1) is 20.7. The molecule has 27 heavy (non-hydrogen) atoms. The van der Waals surface area contributed by atoms with E-state index < -0.39 is 12.0 Å². The number of nitrogens with one attached hydrogen (secondary N) is 2. The molecule has 144 valence electrons. The molecule has 7 heteroatoms. The SMILES string of the molecule is CCCC(NCC(=O)Nc1cc(Cl)ccc1Oc1ccc(C)cc1)C(=O)O. The molecule has 1 atom stereocenters. The average Bonchev–Trinajstić information content (AvgIpc) is 2.62. The van der Waals surface area contributed by atoms with Gasteiger partial charge in [-0.05, 0) is 43.7 Å². The molecule has 0 bridgehead atoms. The third kappa shape index (κ3) is 6.58. The minimum absolute atomic E-state index is 0.131. The molecule has 3 N–H and O–H groups in total. The van der Waals surface area contributed by atoms with Gasteiger partial charge >= 0.3 is 5.97 Å². The number of ether oxygens (including phenoxy) is 1. The zero-order chi connectivity index (χ0) is 19.8. The van der Waals surface area contributed by atoms with Gasteiger partial charge in [0.05, 0.1) is 12.2 Å². The molecule has 2 aromatic carbocycles. The zero-order valence-corrected chi connectivity index (χ0v) is 16.0. The van der Waals surface area contributed by atoms with Gasteiger partial charge in [-0.2, -0.15) is 0 Å². The summed E-state index contributed by atoms with van der Waals surface area (Å²) >= 11 is 6.03. The lowest BCUT2D eigenvalue weighted by atomic mass is 10.1. The Bertz CT molecular complexity index is 793. The second-order valence-electron chi connectivity index (χ2n) is 6.16. The molecule has 1 unspecified atom stereocenters. The number of anilines is 1. The predicted octanol–water partition coefficient (Wildman–Crippen LogP) is 4.22. The summed E-state index contributed by atoms with van der Waals surface area (Å²) in [5, 5.41) is 15.0. The van der Waals surface area contributed by atoms with Gasteiger partial charge in [-0.15, -0.1) is 0 Å². The van der Waals surface area contributed by atoms with Crippen molar-refractivity contribution in [1.29, 1.82) is 0 Å². The molecule has 0 saturated carbocycles. The van der Waals surface area contributed by atoms with E-state index in [-0.39, 0.29) is 12.5 Å². The van der Waals surface area contributed by atoms with Gasteiger partial charge in [0, 0.05) is 5.02 Å². The molecule has 6 nitrogen and oxygen atoms in total. The van der Waals surface area contributed by atoms with Crippen molar-refractivity contribution < 1.29 is 19.4 Å². The molecule has 2 aromatic rings. The van der Waals surface area contributed by atoms with Gasteiger partial charge in [0.1, 0.15) is 11.8 Å². The summed E-state index contributed by atoms with van der Waals surface area (Å²) in [7, 11) is 0. The van der Waals surface area contributed by atoms with Crippen molar-refractivity contribution in [2.75, 3.05) is 11.9 Å². The summed E-state index contributed by atoms with van der Waals surface area (Å²) in [5.74, 6) is -0.283. The van der Waals surface area contributed by atoms with E-state index in [2.05, 4.69) is 10.6 Å². The monoisotopic (exact) mass is 390 g/mol. The molecule has 0 saturated heterocycles. The van der Waals surface area contributed by atoms with Gasteiger partial charge in [0.25, 0.3) is 0 Å². The summed E-state index contributed by atoms with van der Waals surface area (Å²) in [6.07, 6.45) is 1.15. The number of hydrogen-bond donors (Lipinski definition) is 3. The smallest absolute Gasteiger partial charge is 0.320 e. The number of carbonyl (C=O) groups excluding carboxylic acids is 1. The molecule has 0 radical (unpaired) electrons. The molecule has 0 spiro atoms. The Hall–Kier alpha value is -2.57. The summed E-state index contributed by atoms with van der Waals surface area (Å²) in [5.41, 5.74) is 1.52. The predicted molar refractivity (Wildman–Crippen MR) is 106 cm³/mol. The van der Waals surface area contributed by atoms with Crippen LogP contribution in [0.2, 0.25) is 5.02 Å². The van der Waals surface area contributed by atoms with Crippen molar-refractivity contribution in [2.24, 2.45) is 0 Å². The average molecular weight is 391 g/mol. The molecule has 0 aliphatic carbocycles. The Morgan fingerprint density at radius 1 is 1.19 bits per heavy atom. The first-order valence-corrected chi connectivity index (χ1v) is 9.07. The van der Waals surface area contributed by atoms with Crippen molar-refractivity contribution in [2.45, 2.75) is 32.7 Å². The Balaban J connectivity index is 2.06. The van der Waals surface area contributed by atoms with E-state index in [1.165, 1.54) is 0 Å². The van der Waals surface area contributed by atoms with Gasteiger partial charge in [0.15, 0.2) is 5.75 Å². The van der Waals surface area contributed by atoms with Gasteiger partial charge in [0.2, 0.25) is 5.91 Å². The minimum atomic E-state index is -0.976. The first-order valence-electron chi connectivity index (χ1n) is 8.69.